The molecule has 3 aromatic rings. The molecule has 0 aliphatic carbocycles. The van der Waals surface area contributed by atoms with E-state index in [4.69, 9.17) is 9.47 Å². The van der Waals surface area contributed by atoms with Gasteiger partial charge in [-0.25, -0.2) is 0 Å². The van der Waals surface area contributed by atoms with Crippen molar-refractivity contribution in [3.05, 3.63) is 65.2 Å². The van der Waals surface area contributed by atoms with Crippen LogP contribution in [-0.4, -0.2) is 59.1 Å². The van der Waals surface area contributed by atoms with E-state index in [9.17, 15) is 0 Å². The van der Waals surface area contributed by atoms with Crippen molar-refractivity contribution >= 4 is 17.9 Å². The Morgan fingerprint density at radius 3 is 2.75 bits per heavy atom. The van der Waals surface area contributed by atoms with Crippen LogP contribution in [0.2, 0.25) is 0 Å². The lowest BCUT2D eigenvalue weighted by Crippen LogP contribution is -2.37. The Kier molecular flexibility index (Phi) is 7.19. The number of aromatic nitrogens is 4. The Morgan fingerprint density at radius 1 is 1.09 bits per heavy atom. The maximum atomic E-state index is 5.83. The fourth-order valence-electron chi connectivity index (χ4n) is 3.16. The molecule has 166 valence electrons. The molecule has 0 unspecified atom stereocenters. The number of aryl methyl sites for hydroxylation is 2. The molecule has 0 radical (unpaired) electrons. The van der Waals surface area contributed by atoms with Crippen LogP contribution >= 0.6 is 0 Å². The van der Waals surface area contributed by atoms with Gasteiger partial charge in [-0.3, -0.25) is 10.4 Å². The van der Waals surface area contributed by atoms with Crippen LogP contribution < -0.4 is 15.1 Å². The minimum absolute atomic E-state index is 0.269. The molecule has 1 aliphatic rings. The molecule has 1 fully saturated rings. The van der Waals surface area contributed by atoms with Crippen LogP contribution in [0.25, 0.3) is 0 Å². The van der Waals surface area contributed by atoms with Gasteiger partial charge in [0.1, 0.15) is 0 Å². The van der Waals surface area contributed by atoms with E-state index < -0.39 is 0 Å². The summed E-state index contributed by atoms with van der Waals surface area (Å²) in [5.41, 5.74) is 7.32. The zero-order valence-electron chi connectivity index (χ0n) is 18.4. The predicted octanol–water partition coefficient (Wildman–Crippen LogP) is 2.79. The molecule has 2 aromatic heterocycles. The van der Waals surface area contributed by atoms with E-state index in [0.717, 1.165) is 24.5 Å². The molecule has 0 spiro atoms. The molecular weight excluding hydrogens is 406 g/mol. The number of rotatable bonds is 8. The lowest BCUT2D eigenvalue weighted by Gasteiger charge is -2.26. The standard InChI is InChI=1S/C23H27N7O2/c1-17-6-7-20(15-18(17)2)29-25-16-21-26-22(30-10-13-31-14-11-30)28-23(27-21)32-12-8-19-5-3-4-9-24-19/h3-7,9,15-16,29H,8,10-14H2,1-2H3. The third-order valence-electron chi connectivity index (χ3n) is 5.11. The van der Waals surface area contributed by atoms with Gasteiger partial charge in [-0.2, -0.15) is 20.1 Å². The molecule has 0 atom stereocenters. The second-order valence-corrected chi connectivity index (χ2v) is 7.46. The van der Waals surface area contributed by atoms with Crippen LogP contribution in [0.1, 0.15) is 22.6 Å². The van der Waals surface area contributed by atoms with Crippen molar-refractivity contribution < 1.29 is 9.47 Å². The number of hydrogen-bond acceptors (Lipinski definition) is 9. The number of anilines is 2. The summed E-state index contributed by atoms with van der Waals surface area (Å²) in [5.74, 6) is 0.981. The van der Waals surface area contributed by atoms with Gasteiger partial charge in [0.05, 0.1) is 31.7 Å². The third kappa shape index (κ3) is 5.98. The van der Waals surface area contributed by atoms with Gasteiger partial charge in [-0.05, 0) is 49.2 Å². The first-order valence-corrected chi connectivity index (χ1v) is 10.7. The van der Waals surface area contributed by atoms with Crippen LogP contribution in [0.4, 0.5) is 11.6 Å². The van der Waals surface area contributed by atoms with Gasteiger partial charge in [0.15, 0.2) is 5.82 Å². The Labute approximate surface area is 187 Å². The van der Waals surface area contributed by atoms with Crippen LogP contribution in [0, 0.1) is 13.8 Å². The second-order valence-electron chi connectivity index (χ2n) is 7.46. The van der Waals surface area contributed by atoms with E-state index in [1.165, 1.54) is 11.1 Å². The van der Waals surface area contributed by atoms with Crippen molar-refractivity contribution in [3.8, 4) is 6.01 Å². The number of ether oxygens (including phenoxy) is 2. The average Bonchev–Trinajstić information content (AvgIpc) is 2.83. The van der Waals surface area contributed by atoms with Crippen molar-refractivity contribution in [2.24, 2.45) is 5.10 Å². The fourth-order valence-corrected chi connectivity index (χ4v) is 3.16. The number of nitrogens with one attached hydrogen (secondary N) is 1. The van der Waals surface area contributed by atoms with Gasteiger partial charge in [-0.15, -0.1) is 0 Å². The molecular formula is C23H27N7O2. The quantitative estimate of drug-likeness (QED) is 0.428. The third-order valence-corrected chi connectivity index (χ3v) is 5.11. The van der Waals surface area contributed by atoms with E-state index in [1.54, 1.807) is 12.4 Å². The van der Waals surface area contributed by atoms with Gasteiger partial charge >= 0.3 is 6.01 Å². The minimum atomic E-state index is 0.269. The molecule has 1 N–H and O–H groups in total. The van der Waals surface area contributed by atoms with E-state index in [-0.39, 0.29) is 6.01 Å². The lowest BCUT2D eigenvalue weighted by atomic mass is 10.1. The van der Waals surface area contributed by atoms with Crippen LogP contribution in [0.15, 0.2) is 47.7 Å². The molecule has 9 heteroatoms. The Morgan fingerprint density at radius 2 is 1.97 bits per heavy atom. The normalized spacial score (nSPS) is 14.0. The number of pyridine rings is 1. The van der Waals surface area contributed by atoms with Crippen LogP contribution in [-0.2, 0) is 11.2 Å². The summed E-state index contributed by atoms with van der Waals surface area (Å²) < 4.78 is 11.3. The average molecular weight is 434 g/mol. The summed E-state index contributed by atoms with van der Waals surface area (Å²) in [6.07, 6.45) is 4.01. The fraction of sp³-hybridized carbons (Fsp3) is 0.348. The van der Waals surface area contributed by atoms with Gasteiger partial charge < -0.3 is 14.4 Å². The van der Waals surface area contributed by atoms with Crippen molar-refractivity contribution in [3.63, 3.8) is 0 Å². The zero-order valence-corrected chi connectivity index (χ0v) is 18.4. The number of hydrogen-bond donors (Lipinski definition) is 1. The highest BCUT2D eigenvalue weighted by atomic mass is 16.5. The van der Waals surface area contributed by atoms with E-state index in [1.807, 2.05) is 30.3 Å². The van der Waals surface area contributed by atoms with Crippen molar-refractivity contribution in [1.29, 1.82) is 0 Å². The largest absolute Gasteiger partial charge is 0.463 e. The monoisotopic (exact) mass is 433 g/mol. The Hall–Kier alpha value is -3.59. The lowest BCUT2D eigenvalue weighted by molar-refractivity contribution is 0.122. The van der Waals surface area contributed by atoms with Gasteiger partial charge in [0.25, 0.3) is 0 Å². The first kappa shape index (κ1) is 21.6. The Bertz CT molecular complexity index is 1050. The number of hydrazone groups is 1. The molecule has 0 amide bonds. The number of morpholine rings is 1. The molecule has 3 heterocycles. The maximum absolute atomic E-state index is 5.83. The minimum Gasteiger partial charge on any atom is -0.463 e. The number of benzene rings is 1. The SMILES string of the molecule is Cc1ccc(NN=Cc2nc(OCCc3ccccn3)nc(N3CCOCC3)n2)cc1C. The van der Waals surface area contributed by atoms with Crippen molar-refractivity contribution in [2.75, 3.05) is 43.2 Å². The molecule has 32 heavy (non-hydrogen) atoms. The number of nitrogens with zero attached hydrogens (tertiary/aromatic N) is 6. The van der Waals surface area contributed by atoms with Crippen LogP contribution in [0.5, 0.6) is 6.01 Å². The van der Waals surface area contributed by atoms with Crippen molar-refractivity contribution in [1.82, 2.24) is 19.9 Å². The molecule has 0 saturated carbocycles. The van der Waals surface area contributed by atoms with Crippen LogP contribution in [0.3, 0.4) is 0 Å². The summed E-state index contributed by atoms with van der Waals surface area (Å²) in [6.45, 7) is 7.28. The predicted molar refractivity (Wildman–Crippen MR) is 123 cm³/mol. The molecule has 0 bridgehead atoms. The highest BCUT2D eigenvalue weighted by Gasteiger charge is 2.16. The highest BCUT2D eigenvalue weighted by Crippen LogP contribution is 2.15. The topological polar surface area (TPSA) is 97.7 Å². The molecule has 9 nitrogen and oxygen atoms in total. The maximum Gasteiger partial charge on any atom is 0.321 e. The zero-order chi connectivity index (χ0) is 22.2. The molecule has 4 rings (SSSR count). The first-order valence-electron chi connectivity index (χ1n) is 10.7. The molecule has 1 saturated heterocycles. The Balaban J connectivity index is 1.47. The van der Waals surface area contributed by atoms with Crippen molar-refractivity contribution in [2.45, 2.75) is 20.3 Å². The summed E-state index contributed by atoms with van der Waals surface area (Å²) in [7, 11) is 0. The summed E-state index contributed by atoms with van der Waals surface area (Å²) >= 11 is 0. The first-order chi connectivity index (χ1) is 15.7. The van der Waals surface area contributed by atoms with Gasteiger partial charge in [0, 0.05) is 31.4 Å². The van der Waals surface area contributed by atoms with Gasteiger partial charge in [-0.1, -0.05) is 12.1 Å². The van der Waals surface area contributed by atoms with E-state index >= 15 is 0 Å². The second kappa shape index (κ2) is 10.6. The summed E-state index contributed by atoms with van der Waals surface area (Å²) in [4.78, 5) is 19.8. The smallest absolute Gasteiger partial charge is 0.321 e. The summed E-state index contributed by atoms with van der Waals surface area (Å²) in [5, 5.41) is 4.30. The molecule has 1 aliphatic heterocycles. The van der Waals surface area contributed by atoms with E-state index in [2.05, 4.69) is 55.3 Å². The van der Waals surface area contributed by atoms with E-state index in [0.29, 0.717) is 38.0 Å². The molecule has 1 aromatic carbocycles. The van der Waals surface area contributed by atoms with Gasteiger partial charge in [0.2, 0.25) is 5.95 Å². The summed E-state index contributed by atoms with van der Waals surface area (Å²) in [6, 6.07) is 12.2. The highest BCUT2D eigenvalue weighted by molar-refractivity contribution is 5.75.